The first kappa shape index (κ1) is 20.7. The number of nitrogens with zero attached hydrogens (tertiary/aromatic N) is 2. The molecule has 0 amide bonds. The zero-order valence-electron chi connectivity index (χ0n) is 16.0. The molecule has 0 fully saturated rings. The largest absolute Gasteiger partial charge is 0.276 e. The number of hydrogen-bond donors (Lipinski definition) is 1. The summed E-state index contributed by atoms with van der Waals surface area (Å²) in [4.78, 5) is 0.201. The summed E-state index contributed by atoms with van der Waals surface area (Å²) in [6, 6.07) is 10.7. The lowest BCUT2D eigenvalue weighted by Gasteiger charge is -2.13. The van der Waals surface area contributed by atoms with Gasteiger partial charge in [-0.2, -0.15) is 5.10 Å². The Morgan fingerprint density at radius 2 is 1.68 bits per heavy atom. The first-order valence-electron chi connectivity index (χ1n) is 8.67. The molecule has 0 aliphatic carbocycles. The van der Waals surface area contributed by atoms with Gasteiger partial charge in [0.2, 0.25) is 0 Å². The van der Waals surface area contributed by atoms with Gasteiger partial charge in [0.1, 0.15) is 0 Å². The van der Waals surface area contributed by atoms with Crippen LogP contribution in [-0.4, -0.2) is 18.2 Å². The Balaban J connectivity index is 1.96. The molecule has 1 N–H and O–H groups in total. The topological polar surface area (TPSA) is 64.0 Å². The number of rotatable bonds is 5. The Hall–Kier alpha value is -2.02. The molecular formula is C20H21Cl2N3O2S. The van der Waals surface area contributed by atoms with Crippen molar-refractivity contribution >= 4 is 38.9 Å². The zero-order valence-corrected chi connectivity index (χ0v) is 18.4. The van der Waals surface area contributed by atoms with Gasteiger partial charge in [0.15, 0.2) is 0 Å². The molecule has 0 radical (unpaired) electrons. The van der Waals surface area contributed by atoms with Gasteiger partial charge in [0.05, 0.1) is 28.5 Å². The minimum Gasteiger partial charge on any atom is -0.276 e. The van der Waals surface area contributed by atoms with Gasteiger partial charge in [-0.3, -0.25) is 9.40 Å². The minimum absolute atomic E-state index is 0.201. The monoisotopic (exact) mass is 437 g/mol. The van der Waals surface area contributed by atoms with Gasteiger partial charge in [0.25, 0.3) is 10.0 Å². The van der Waals surface area contributed by atoms with Crippen molar-refractivity contribution in [1.82, 2.24) is 9.78 Å². The van der Waals surface area contributed by atoms with E-state index in [0.717, 1.165) is 5.56 Å². The second-order valence-electron chi connectivity index (χ2n) is 6.77. The third-order valence-electron chi connectivity index (χ3n) is 4.64. The maximum absolute atomic E-state index is 13.0. The fourth-order valence-corrected chi connectivity index (χ4v) is 4.92. The molecule has 0 aliphatic rings. The minimum atomic E-state index is -3.78. The van der Waals surface area contributed by atoms with E-state index in [1.807, 2.05) is 31.2 Å². The highest BCUT2D eigenvalue weighted by molar-refractivity contribution is 7.92. The molecule has 1 heterocycles. The van der Waals surface area contributed by atoms with E-state index in [4.69, 9.17) is 23.2 Å². The second kappa shape index (κ2) is 7.78. The summed E-state index contributed by atoms with van der Waals surface area (Å²) in [5.41, 5.74) is 3.98. The van der Waals surface area contributed by atoms with Crippen LogP contribution in [0.5, 0.6) is 0 Å². The van der Waals surface area contributed by atoms with Crippen molar-refractivity contribution in [2.45, 2.75) is 39.1 Å². The van der Waals surface area contributed by atoms with Crippen LogP contribution in [0.15, 0.2) is 41.3 Å². The molecule has 2 aromatic carbocycles. The van der Waals surface area contributed by atoms with Crippen LogP contribution in [0.3, 0.4) is 0 Å². The maximum Gasteiger partial charge on any atom is 0.262 e. The number of halogens is 2. The molecule has 0 atom stereocenters. The number of anilines is 1. The molecule has 148 valence electrons. The maximum atomic E-state index is 13.0. The third-order valence-corrected chi connectivity index (χ3v) is 6.91. The van der Waals surface area contributed by atoms with Gasteiger partial charge < -0.3 is 0 Å². The predicted octanol–water partition coefficient (Wildman–Crippen LogP) is 5.27. The molecule has 0 unspecified atom stereocenters. The van der Waals surface area contributed by atoms with E-state index >= 15 is 0 Å². The van der Waals surface area contributed by atoms with Crippen molar-refractivity contribution in [3.05, 3.63) is 74.5 Å². The van der Waals surface area contributed by atoms with Crippen molar-refractivity contribution in [3.8, 4) is 0 Å². The molecular weight excluding hydrogens is 417 g/mol. The van der Waals surface area contributed by atoms with E-state index in [-0.39, 0.29) is 4.90 Å². The lowest BCUT2D eigenvalue weighted by molar-refractivity contribution is 0.600. The average Bonchev–Trinajstić information content (AvgIpc) is 2.87. The third kappa shape index (κ3) is 4.04. The Morgan fingerprint density at radius 3 is 2.36 bits per heavy atom. The molecule has 3 aromatic rings. The highest BCUT2D eigenvalue weighted by Gasteiger charge is 2.22. The molecule has 3 rings (SSSR count). The van der Waals surface area contributed by atoms with Gasteiger partial charge in [-0.15, -0.1) is 0 Å². The second-order valence-corrected chi connectivity index (χ2v) is 9.23. The molecule has 0 bridgehead atoms. The van der Waals surface area contributed by atoms with Crippen molar-refractivity contribution in [1.29, 1.82) is 0 Å². The first-order chi connectivity index (χ1) is 13.1. The summed E-state index contributed by atoms with van der Waals surface area (Å²) in [7, 11) is -3.78. The number of nitrogens with one attached hydrogen (secondary N) is 1. The van der Waals surface area contributed by atoms with Crippen LogP contribution in [0.2, 0.25) is 10.0 Å². The standard InChI is InChI=1S/C20H21Cl2N3O2S/c1-12-10-19(13(2)9-18(12)22)28(26,27)24-20-14(3)23-25(15(20)4)11-16-7-5-6-8-17(16)21/h5-10,24H,11H2,1-4H3. The first-order valence-corrected chi connectivity index (χ1v) is 10.9. The van der Waals surface area contributed by atoms with Crippen LogP contribution in [0, 0.1) is 27.7 Å². The van der Waals surface area contributed by atoms with Gasteiger partial charge >= 0.3 is 0 Å². The normalized spacial score (nSPS) is 11.6. The van der Waals surface area contributed by atoms with Crippen LogP contribution in [-0.2, 0) is 16.6 Å². The van der Waals surface area contributed by atoms with E-state index in [1.165, 1.54) is 0 Å². The summed E-state index contributed by atoms with van der Waals surface area (Å²) in [6.07, 6.45) is 0. The summed E-state index contributed by atoms with van der Waals surface area (Å²) >= 11 is 12.3. The summed E-state index contributed by atoms with van der Waals surface area (Å²) in [5.74, 6) is 0. The Morgan fingerprint density at radius 1 is 1.00 bits per heavy atom. The van der Waals surface area contributed by atoms with E-state index in [9.17, 15) is 8.42 Å². The van der Waals surface area contributed by atoms with E-state index < -0.39 is 10.0 Å². The Kier molecular flexibility index (Phi) is 5.75. The lowest BCUT2D eigenvalue weighted by atomic mass is 10.2. The molecule has 0 saturated heterocycles. The van der Waals surface area contributed by atoms with Gasteiger partial charge in [-0.1, -0.05) is 41.4 Å². The number of aryl methyl sites for hydroxylation is 3. The SMILES string of the molecule is Cc1cc(S(=O)(=O)Nc2c(C)nn(Cc3ccccc3Cl)c2C)c(C)cc1Cl. The van der Waals surface area contributed by atoms with E-state index in [0.29, 0.717) is 44.8 Å². The van der Waals surface area contributed by atoms with Crippen molar-refractivity contribution in [2.24, 2.45) is 0 Å². The van der Waals surface area contributed by atoms with Crippen LogP contribution < -0.4 is 4.72 Å². The highest BCUT2D eigenvalue weighted by atomic mass is 35.5. The van der Waals surface area contributed by atoms with Crippen LogP contribution in [0.25, 0.3) is 0 Å². The smallest absolute Gasteiger partial charge is 0.262 e. The number of aromatic nitrogens is 2. The van der Waals surface area contributed by atoms with Gasteiger partial charge in [-0.25, -0.2) is 8.42 Å². The number of benzene rings is 2. The predicted molar refractivity (Wildman–Crippen MR) is 114 cm³/mol. The molecule has 0 spiro atoms. The number of hydrogen-bond acceptors (Lipinski definition) is 3. The highest BCUT2D eigenvalue weighted by Crippen LogP contribution is 2.28. The molecule has 28 heavy (non-hydrogen) atoms. The van der Waals surface area contributed by atoms with Gasteiger partial charge in [0, 0.05) is 10.0 Å². The average molecular weight is 438 g/mol. The molecule has 5 nitrogen and oxygen atoms in total. The summed E-state index contributed by atoms with van der Waals surface area (Å²) in [5, 5.41) is 5.67. The molecule has 0 saturated carbocycles. The number of sulfonamides is 1. The fraction of sp³-hybridized carbons (Fsp3) is 0.250. The molecule has 0 aliphatic heterocycles. The summed E-state index contributed by atoms with van der Waals surface area (Å²) in [6.45, 7) is 7.55. The zero-order chi connectivity index (χ0) is 20.6. The summed E-state index contributed by atoms with van der Waals surface area (Å²) < 4.78 is 30.4. The van der Waals surface area contributed by atoms with Crippen LogP contribution in [0.4, 0.5) is 5.69 Å². The molecule has 1 aromatic heterocycles. The molecule has 8 heteroatoms. The fourth-order valence-electron chi connectivity index (χ4n) is 3.02. The van der Waals surface area contributed by atoms with Crippen LogP contribution in [0.1, 0.15) is 28.1 Å². The van der Waals surface area contributed by atoms with Crippen molar-refractivity contribution in [2.75, 3.05) is 4.72 Å². The van der Waals surface area contributed by atoms with Gasteiger partial charge in [-0.05, 0) is 62.6 Å². The Bertz CT molecular complexity index is 1150. The van der Waals surface area contributed by atoms with E-state index in [1.54, 1.807) is 37.6 Å². The van der Waals surface area contributed by atoms with Crippen molar-refractivity contribution < 1.29 is 8.42 Å². The van der Waals surface area contributed by atoms with Crippen molar-refractivity contribution in [3.63, 3.8) is 0 Å². The quantitative estimate of drug-likeness (QED) is 0.590. The van der Waals surface area contributed by atoms with E-state index in [2.05, 4.69) is 9.82 Å². The Labute approximate surface area is 175 Å². The lowest BCUT2D eigenvalue weighted by Crippen LogP contribution is -2.16. The van der Waals surface area contributed by atoms with Crippen LogP contribution >= 0.6 is 23.2 Å².